The van der Waals surface area contributed by atoms with E-state index >= 15 is 0 Å². The maximum Gasteiger partial charge on any atom is 0.0435 e. The van der Waals surface area contributed by atoms with Crippen molar-refractivity contribution in [2.75, 3.05) is 0 Å². The summed E-state index contributed by atoms with van der Waals surface area (Å²) in [6.45, 7) is 2.40. The SMILES string of the molecule is CC1(c2ccccc2)c2ccccc2-c2cc3ccc(-c4ccc(-c5c6ccccc6c(-c6ccccc6)c6c5ccc5ccccc56)c(-c5ccccc5)c4)cc3cc21. The van der Waals surface area contributed by atoms with Gasteiger partial charge in [0.25, 0.3) is 0 Å². The summed E-state index contributed by atoms with van der Waals surface area (Å²) in [5.74, 6) is 0. The molecule has 60 heavy (non-hydrogen) atoms. The topological polar surface area (TPSA) is 0 Å². The van der Waals surface area contributed by atoms with Gasteiger partial charge in [0.05, 0.1) is 0 Å². The van der Waals surface area contributed by atoms with Crippen LogP contribution >= 0.6 is 0 Å². The van der Waals surface area contributed by atoms with E-state index < -0.39 is 0 Å². The second-order valence-electron chi connectivity index (χ2n) is 16.5. The summed E-state index contributed by atoms with van der Waals surface area (Å²) in [5, 5.41) is 10.1. The Kier molecular flexibility index (Phi) is 7.77. The van der Waals surface area contributed by atoms with Gasteiger partial charge >= 0.3 is 0 Å². The summed E-state index contributed by atoms with van der Waals surface area (Å²) in [5.41, 5.74) is 16.3. The van der Waals surface area contributed by atoms with Crippen molar-refractivity contribution in [3.63, 3.8) is 0 Å². The number of hydrogen-bond donors (Lipinski definition) is 0. The first-order valence-corrected chi connectivity index (χ1v) is 21.0. The number of fused-ring (bicyclic) bond motifs is 8. The number of hydrogen-bond acceptors (Lipinski definition) is 0. The molecule has 1 aliphatic carbocycles. The first-order chi connectivity index (χ1) is 29.6. The number of rotatable bonds is 5. The van der Waals surface area contributed by atoms with Crippen molar-refractivity contribution in [1.82, 2.24) is 0 Å². The molecule has 0 N–H and O–H groups in total. The minimum Gasteiger partial charge on any atom is -0.0622 e. The van der Waals surface area contributed by atoms with Crippen LogP contribution < -0.4 is 0 Å². The Morgan fingerprint density at radius 1 is 0.283 bits per heavy atom. The van der Waals surface area contributed by atoms with Gasteiger partial charge in [0.15, 0.2) is 0 Å². The van der Waals surface area contributed by atoms with Crippen LogP contribution in [0.3, 0.4) is 0 Å². The van der Waals surface area contributed by atoms with Gasteiger partial charge in [0.1, 0.15) is 0 Å². The molecule has 11 aromatic rings. The summed E-state index contributed by atoms with van der Waals surface area (Å²) in [6, 6.07) is 83.4. The van der Waals surface area contributed by atoms with Crippen LogP contribution in [-0.4, -0.2) is 0 Å². The van der Waals surface area contributed by atoms with Gasteiger partial charge in [-0.2, -0.15) is 0 Å². The van der Waals surface area contributed by atoms with Gasteiger partial charge < -0.3 is 0 Å². The molecule has 11 aromatic carbocycles. The van der Waals surface area contributed by atoms with Crippen molar-refractivity contribution in [2.24, 2.45) is 0 Å². The summed E-state index contributed by atoms with van der Waals surface area (Å²) >= 11 is 0. The molecular weight excluding hydrogens is 721 g/mol. The zero-order valence-electron chi connectivity index (χ0n) is 33.4. The van der Waals surface area contributed by atoms with Crippen LogP contribution in [0, 0.1) is 0 Å². The summed E-state index contributed by atoms with van der Waals surface area (Å²) < 4.78 is 0. The van der Waals surface area contributed by atoms with Gasteiger partial charge in [-0.15, -0.1) is 0 Å². The third-order valence-electron chi connectivity index (χ3n) is 13.3. The zero-order chi connectivity index (χ0) is 39.8. The first-order valence-electron chi connectivity index (χ1n) is 21.0. The molecule has 1 aliphatic rings. The quantitative estimate of drug-likeness (QED) is 0.121. The van der Waals surface area contributed by atoms with Crippen LogP contribution in [0.25, 0.3) is 98.7 Å². The Bertz CT molecular complexity index is 3470. The molecule has 0 fully saturated rings. The fraction of sp³-hybridized carbons (Fsp3) is 0.0333. The third kappa shape index (κ3) is 5.17. The molecule has 0 aliphatic heterocycles. The van der Waals surface area contributed by atoms with E-state index in [1.54, 1.807) is 0 Å². The third-order valence-corrected chi connectivity index (χ3v) is 13.3. The molecule has 0 aromatic heterocycles. The molecule has 0 nitrogen and oxygen atoms in total. The summed E-state index contributed by atoms with van der Waals surface area (Å²) in [4.78, 5) is 0. The Labute approximate surface area is 350 Å². The lowest BCUT2D eigenvalue weighted by Crippen LogP contribution is -2.22. The smallest absolute Gasteiger partial charge is 0.0435 e. The normalized spacial score (nSPS) is 14.5. The predicted octanol–water partition coefficient (Wildman–Crippen LogP) is 16.3. The van der Waals surface area contributed by atoms with Crippen LogP contribution in [0.5, 0.6) is 0 Å². The van der Waals surface area contributed by atoms with Crippen molar-refractivity contribution in [2.45, 2.75) is 12.3 Å². The standard InChI is InChI=1S/C60H40/c1-60(46-22-9-4-10-23-46)55-28-16-15-25-48(55)54-37-44-30-29-42(35-45(44)38-56(54)60)43-32-33-51(53(36-43)39-17-5-2-6-18-39)58-50-27-14-13-26-49(50)57(41-20-7-3-8-21-41)59-47-24-12-11-19-40(47)31-34-52(58)59/h2-38H,1H3. The zero-order valence-corrected chi connectivity index (χ0v) is 33.4. The Morgan fingerprint density at radius 2 is 0.883 bits per heavy atom. The molecule has 0 heteroatoms. The van der Waals surface area contributed by atoms with E-state index in [1.807, 2.05) is 0 Å². The van der Waals surface area contributed by atoms with E-state index in [-0.39, 0.29) is 5.41 Å². The van der Waals surface area contributed by atoms with Gasteiger partial charge in [-0.3, -0.25) is 0 Å². The van der Waals surface area contributed by atoms with Crippen molar-refractivity contribution >= 4 is 43.1 Å². The van der Waals surface area contributed by atoms with Crippen LogP contribution in [-0.2, 0) is 5.41 Å². The molecule has 0 saturated carbocycles. The van der Waals surface area contributed by atoms with Crippen molar-refractivity contribution in [3.05, 3.63) is 241 Å². The molecule has 1 atom stereocenters. The highest BCUT2D eigenvalue weighted by atomic mass is 14.4. The minimum absolute atomic E-state index is 0.244. The van der Waals surface area contributed by atoms with E-state index in [0.717, 1.165) is 0 Å². The van der Waals surface area contributed by atoms with E-state index in [1.165, 1.54) is 115 Å². The molecule has 0 bridgehead atoms. The van der Waals surface area contributed by atoms with Gasteiger partial charge in [-0.25, -0.2) is 0 Å². The summed E-state index contributed by atoms with van der Waals surface area (Å²) in [7, 11) is 0. The molecule has 0 heterocycles. The maximum absolute atomic E-state index is 2.46. The lowest BCUT2D eigenvalue weighted by Gasteiger charge is -2.28. The highest BCUT2D eigenvalue weighted by molar-refractivity contribution is 6.28. The van der Waals surface area contributed by atoms with Crippen LogP contribution in [0.2, 0.25) is 0 Å². The summed E-state index contributed by atoms with van der Waals surface area (Å²) in [6.07, 6.45) is 0. The van der Waals surface area contributed by atoms with Gasteiger partial charge in [0.2, 0.25) is 0 Å². The molecule has 0 amide bonds. The van der Waals surface area contributed by atoms with Crippen LogP contribution in [0.1, 0.15) is 23.6 Å². The second kappa shape index (κ2) is 13.5. The van der Waals surface area contributed by atoms with E-state index in [0.29, 0.717) is 0 Å². The van der Waals surface area contributed by atoms with Crippen molar-refractivity contribution in [1.29, 1.82) is 0 Å². The lowest BCUT2D eigenvalue weighted by atomic mass is 9.74. The molecule has 1 unspecified atom stereocenters. The fourth-order valence-corrected chi connectivity index (χ4v) is 10.4. The Hall–Kier alpha value is -7.54. The average molecular weight is 761 g/mol. The molecular formula is C60H40. The Morgan fingerprint density at radius 3 is 1.67 bits per heavy atom. The van der Waals surface area contributed by atoms with E-state index in [9.17, 15) is 0 Å². The molecule has 12 rings (SSSR count). The van der Waals surface area contributed by atoms with Crippen LogP contribution in [0.4, 0.5) is 0 Å². The first kappa shape index (κ1) is 34.5. The Balaban J connectivity index is 1.09. The van der Waals surface area contributed by atoms with Crippen LogP contribution in [0.15, 0.2) is 224 Å². The fourth-order valence-electron chi connectivity index (χ4n) is 10.4. The second-order valence-corrected chi connectivity index (χ2v) is 16.5. The molecule has 0 saturated heterocycles. The van der Waals surface area contributed by atoms with Crippen molar-refractivity contribution in [3.8, 4) is 55.6 Å². The lowest BCUT2D eigenvalue weighted by molar-refractivity contribution is 0.715. The number of benzene rings is 11. The van der Waals surface area contributed by atoms with E-state index in [4.69, 9.17) is 0 Å². The van der Waals surface area contributed by atoms with Gasteiger partial charge in [-0.05, 0) is 147 Å². The highest BCUT2D eigenvalue weighted by Gasteiger charge is 2.40. The van der Waals surface area contributed by atoms with E-state index in [2.05, 4.69) is 231 Å². The van der Waals surface area contributed by atoms with Gasteiger partial charge in [0, 0.05) is 5.41 Å². The molecule has 0 spiro atoms. The minimum atomic E-state index is -0.244. The van der Waals surface area contributed by atoms with Crippen molar-refractivity contribution < 1.29 is 0 Å². The molecule has 0 radical (unpaired) electrons. The predicted molar refractivity (Wildman–Crippen MR) is 256 cm³/mol. The van der Waals surface area contributed by atoms with Gasteiger partial charge in [-0.1, -0.05) is 200 Å². The largest absolute Gasteiger partial charge is 0.0622 e. The molecule has 280 valence electrons. The monoisotopic (exact) mass is 760 g/mol. The average Bonchev–Trinajstić information content (AvgIpc) is 3.57. The maximum atomic E-state index is 2.46. The highest BCUT2D eigenvalue weighted by Crippen LogP contribution is 2.54.